The highest BCUT2D eigenvalue weighted by atomic mass is 35.5. The Morgan fingerprint density at radius 2 is 2.10 bits per heavy atom. The van der Waals surface area contributed by atoms with Crippen molar-refractivity contribution in [3.05, 3.63) is 29.2 Å². The quantitative estimate of drug-likeness (QED) is 0.346. The van der Waals surface area contributed by atoms with E-state index in [0.717, 1.165) is 16.9 Å². The van der Waals surface area contributed by atoms with E-state index >= 15 is 0 Å². The number of carbonyl (C=O) groups excluding carboxylic acids is 1. The van der Waals surface area contributed by atoms with Gasteiger partial charge in [-0.3, -0.25) is 4.79 Å². The maximum absolute atomic E-state index is 11.8. The number of halogens is 1. The molecule has 0 atom stereocenters. The molecule has 2 heterocycles. The van der Waals surface area contributed by atoms with Crippen LogP contribution in [0.1, 0.15) is 17.4 Å². The van der Waals surface area contributed by atoms with Crippen LogP contribution in [0.3, 0.4) is 0 Å². The molecule has 0 saturated heterocycles. The summed E-state index contributed by atoms with van der Waals surface area (Å²) >= 11 is 5.96. The van der Waals surface area contributed by atoms with E-state index in [0.29, 0.717) is 24.2 Å². The average molecular weight is 325 g/mol. The lowest BCUT2D eigenvalue weighted by Gasteiger charge is -2.16. The van der Waals surface area contributed by atoms with Crippen LogP contribution in [0.2, 0.25) is 30.8 Å². The Balaban J connectivity index is 2.22. The number of fused-ring (bicyclic) bond motifs is 1. The molecule has 0 radical (unpaired) electrons. The van der Waals surface area contributed by atoms with Crippen molar-refractivity contribution < 1.29 is 9.53 Å². The van der Waals surface area contributed by atoms with E-state index < -0.39 is 8.07 Å². The van der Waals surface area contributed by atoms with E-state index in [4.69, 9.17) is 16.3 Å². The fourth-order valence-corrected chi connectivity index (χ4v) is 3.00. The van der Waals surface area contributed by atoms with Gasteiger partial charge in [-0.15, -0.1) is 0 Å². The van der Waals surface area contributed by atoms with Gasteiger partial charge in [0.1, 0.15) is 11.9 Å². The molecule has 0 spiro atoms. The monoisotopic (exact) mass is 324 g/mol. The summed E-state index contributed by atoms with van der Waals surface area (Å²) in [5, 5.41) is 1.32. The molecule has 0 aliphatic carbocycles. The predicted molar refractivity (Wildman–Crippen MR) is 88.9 cm³/mol. The van der Waals surface area contributed by atoms with Crippen LogP contribution in [-0.4, -0.2) is 30.0 Å². The zero-order valence-corrected chi connectivity index (χ0v) is 14.7. The lowest BCUT2D eigenvalue weighted by atomic mass is 10.3. The average Bonchev–Trinajstić information content (AvgIpc) is 2.72. The first kappa shape index (κ1) is 16.2. The zero-order valence-electron chi connectivity index (χ0n) is 12.9. The fraction of sp³-hybridized carbons (Fsp3) is 0.467. The summed E-state index contributed by atoms with van der Waals surface area (Å²) in [6.45, 7) is 9.58. The van der Waals surface area contributed by atoms with Gasteiger partial charge >= 0.3 is 0 Å². The van der Waals surface area contributed by atoms with Gasteiger partial charge in [0.15, 0.2) is 5.78 Å². The van der Waals surface area contributed by atoms with Crippen LogP contribution in [0.4, 0.5) is 0 Å². The first-order chi connectivity index (χ1) is 9.78. The van der Waals surface area contributed by atoms with Crippen LogP contribution in [0.15, 0.2) is 18.3 Å². The normalized spacial score (nSPS) is 12.0. The molecule has 0 N–H and O–H groups in total. The van der Waals surface area contributed by atoms with E-state index in [1.807, 2.05) is 10.6 Å². The lowest BCUT2D eigenvalue weighted by Crippen LogP contribution is -2.22. The molecule has 0 unspecified atom stereocenters. The number of pyridine rings is 1. The van der Waals surface area contributed by atoms with Gasteiger partial charge in [0, 0.05) is 33.2 Å². The van der Waals surface area contributed by atoms with E-state index in [1.54, 1.807) is 19.2 Å². The Kier molecular flexibility index (Phi) is 4.86. The highest BCUT2D eigenvalue weighted by molar-refractivity contribution is 6.76. The number of rotatable bonds is 6. The fourth-order valence-electron chi connectivity index (χ4n) is 2.10. The topological polar surface area (TPSA) is 44.1 Å². The number of Topliss-reactive ketones (excluding diaryl/α,β-unsaturated/α-hetero) is 1. The number of ether oxygens (including phenoxy) is 1. The molecular formula is C15H21ClN2O2Si. The minimum atomic E-state index is -1.11. The Labute approximate surface area is 131 Å². The van der Waals surface area contributed by atoms with Crippen molar-refractivity contribution in [1.82, 2.24) is 9.55 Å². The molecule has 0 aromatic carbocycles. The van der Waals surface area contributed by atoms with Gasteiger partial charge in [-0.1, -0.05) is 31.2 Å². The number of nitrogens with zero attached hydrogens (tertiary/aromatic N) is 2. The number of aromatic nitrogens is 2. The maximum Gasteiger partial charge on any atom is 0.176 e. The molecule has 0 aliphatic rings. The SMILES string of the molecule is CC(=O)c1cc2cnc(Cl)cc2n1COCC[Si](C)(C)C. The van der Waals surface area contributed by atoms with Gasteiger partial charge in [-0.05, 0) is 18.2 Å². The van der Waals surface area contributed by atoms with Crippen molar-refractivity contribution in [1.29, 1.82) is 0 Å². The van der Waals surface area contributed by atoms with Crippen molar-refractivity contribution in [3.8, 4) is 0 Å². The summed E-state index contributed by atoms with van der Waals surface area (Å²) in [6, 6.07) is 4.71. The first-order valence-electron chi connectivity index (χ1n) is 7.01. The molecule has 2 rings (SSSR count). The summed E-state index contributed by atoms with van der Waals surface area (Å²) in [5.74, 6) is 0.0103. The highest BCUT2D eigenvalue weighted by Crippen LogP contribution is 2.22. The number of hydrogen-bond acceptors (Lipinski definition) is 3. The molecule has 2 aromatic rings. The van der Waals surface area contributed by atoms with E-state index in [-0.39, 0.29) is 5.78 Å². The number of ketones is 1. The Bertz CT molecular complexity index is 661. The van der Waals surface area contributed by atoms with E-state index in [2.05, 4.69) is 24.6 Å². The zero-order chi connectivity index (χ0) is 15.6. The van der Waals surface area contributed by atoms with Gasteiger partial charge in [0.25, 0.3) is 0 Å². The van der Waals surface area contributed by atoms with Crippen LogP contribution >= 0.6 is 11.6 Å². The minimum Gasteiger partial charge on any atom is -0.361 e. The summed E-state index contributed by atoms with van der Waals surface area (Å²) in [6.07, 6.45) is 1.68. The minimum absolute atomic E-state index is 0.0103. The number of carbonyl (C=O) groups is 1. The molecule has 0 amide bonds. The third-order valence-electron chi connectivity index (χ3n) is 3.33. The molecule has 0 bridgehead atoms. The second-order valence-electron chi connectivity index (χ2n) is 6.43. The van der Waals surface area contributed by atoms with Gasteiger partial charge in [0.2, 0.25) is 0 Å². The van der Waals surface area contributed by atoms with Crippen molar-refractivity contribution in [3.63, 3.8) is 0 Å². The summed E-state index contributed by atoms with van der Waals surface area (Å²) in [5.41, 5.74) is 1.51. The summed E-state index contributed by atoms with van der Waals surface area (Å²) in [7, 11) is -1.11. The van der Waals surface area contributed by atoms with Gasteiger partial charge in [-0.2, -0.15) is 0 Å². The van der Waals surface area contributed by atoms with Crippen LogP contribution in [0.5, 0.6) is 0 Å². The first-order valence-corrected chi connectivity index (χ1v) is 11.1. The smallest absolute Gasteiger partial charge is 0.176 e. The third kappa shape index (κ3) is 4.15. The molecule has 21 heavy (non-hydrogen) atoms. The van der Waals surface area contributed by atoms with Crippen LogP contribution in [0.25, 0.3) is 10.9 Å². The predicted octanol–water partition coefficient (Wildman–Crippen LogP) is 4.20. The van der Waals surface area contributed by atoms with Crippen molar-refractivity contribution in [2.45, 2.75) is 39.3 Å². The number of hydrogen-bond donors (Lipinski definition) is 0. The molecule has 114 valence electrons. The van der Waals surface area contributed by atoms with Crippen molar-refractivity contribution in [2.24, 2.45) is 0 Å². The third-order valence-corrected chi connectivity index (χ3v) is 5.24. The van der Waals surface area contributed by atoms with Crippen LogP contribution in [-0.2, 0) is 11.5 Å². The molecule has 0 aliphatic heterocycles. The highest BCUT2D eigenvalue weighted by Gasteiger charge is 2.15. The maximum atomic E-state index is 11.8. The summed E-state index contributed by atoms with van der Waals surface area (Å²) in [4.78, 5) is 15.8. The van der Waals surface area contributed by atoms with Crippen LogP contribution in [0, 0.1) is 0 Å². The van der Waals surface area contributed by atoms with E-state index in [1.165, 1.54) is 0 Å². The molecule has 2 aromatic heterocycles. The van der Waals surface area contributed by atoms with E-state index in [9.17, 15) is 4.79 Å². The Hall–Kier alpha value is -1.17. The lowest BCUT2D eigenvalue weighted by molar-refractivity contribution is 0.0835. The van der Waals surface area contributed by atoms with Crippen LogP contribution < -0.4 is 0 Å². The van der Waals surface area contributed by atoms with Gasteiger partial charge < -0.3 is 9.30 Å². The van der Waals surface area contributed by atoms with Crippen molar-refractivity contribution in [2.75, 3.05) is 6.61 Å². The second kappa shape index (κ2) is 6.30. The Morgan fingerprint density at radius 3 is 2.71 bits per heavy atom. The van der Waals surface area contributed by atoms with Crippen molar-refractivity contribution >= 4 is 36.4 Å². The molecule has 0 fully saturated rings. The Morgan fingerprint density at radius 1 is 1.38 bits per heavy atom. The molecular weight excluding hydrogens is 304 g/mol. The largest absolute Gasteiger partial charge is 0.361 e. The molecule has 4 nitrogen and oxygen atoms in total. The molecule has 6 heteroatoms. The standard InChI is InChI=1S/C15H21ClN2O2Si/c1-11(19)13-7-12-9-17-15(16)8-14(12)18(13)10-20-5-6-21(2,3)4/h7-9H,5-6,10H2,1-4H3. The van der Waals surface area contributed by atoms with Gasteiger partial charge in [0.05, 0.1) is 11.2 Å². The second-order valence-corrected chi connectivity index (χ2v) is 12.4. The van der Waals surface area contributed by atoms with Gasteiger partial charge in [-0.25, -0.2) is 4.98 Å². The molecule has 0 saturated carbocycles. The summed E-state index contributed by atoms with van der Waals surface area (Å²) < 4.78 is 7.65.